The summed E-state index contributed by atoms with van der Waals surface area (Å²) in [5.74, 6) is 1.66. The van der Waals surface area contributed by atoms with Crippen molar-refractivity contribution in [2.24, 2.45) is 5.73 Å². The average Bonchev–Trinajstić information content (AvgIpc) is 2.45. The molecular formula is C13H15N3OS. The lowest BCUT2D eigenvalue weighted by Gasteiger charge is -2.09. The lowest BCUT2D eigenvalue weighted by molar-refractivity contribution is 0.340. The van der Waals surface area contributed by atoms with Gasteiger partial charge in [-0.2, -0.15) is 0 Å². The van der Waals surface area contributed by atoms with E-state index in [0.717, 1.165) is 22.2 Å². The van der Waals surface area contributed by atoms with Crippen LogP contribution in [0.1, 0.15) is 5.56 Å². The molecule has 5 heteroatoms. The summed E-state index contributed by atoms with van der Waals surface area (Å²) in [4.78, 5) is 8.27. The van der Waals surface area contributed by atoms with Gasteiger partial charge in [0.25, 0.3) is 0 Å². The zero-order chi connectivity index (χ0) is 12.6. The maximum absolute atomic E-state index is 5.69. The maximum atomic E-state index is 5.69. The lowest BCUT2D eigenvalue weighted by atomic mass is 10.2. The Labute approximate surface area is 111 Å². The van der Waals surface area contributed by atoms with E-state index in [2.05, 4.69) is 9.97 Å². The molecule has 2 rings (SSSR count). The molecule has 0 unspecified atom stereocenters. The normalized spacial score (nSPS) is 10.3. The SMILES string of the molecule is NCc1ccccc1OCCSc1ncccn1. The molecule has 0 spiro atoms. The summed E-state index contributed by atoms with van der Waals surface area (Å²) >= 11 is 1.57. The summed E-state index contributed by atoms with van der Waals surface area (Å²) < 4.78 is 5.69. The molecule has 0 aliphatic heterocycles. The fourth-order valence-corrected chi connectivity index (χ4v) is 2.08. The van der Waals surface area contributed by atoms with Crippen LogP contribution in [-0.4, -0.2) is 22.3 Å². The van der Waals surface area contributed by atoms with Gasteiger partial charge in [0.15, 0.2) is 5.16 Å². The van der Waals surface area contributed by atoms with E-state index in [-0.39, 0.29) is 0 Å². The van der Waals surface area contributed by atoms with Gasteiger partial charge < -0.3 is 10.5 Å². The Balaban J connectivity index is 1.78. The van der Waals surface area contributed by atoms with Crippen molar-refractivity contribution in [3.63, 3.8) is 0 Å². The molecule has 0 aliphatic rings. The molecule has 0 aliphatic carbocycles. The first-order chi connectivity index (χ1) is 8.90. The number of aromatic nitrogens is 2. The zero-order valence-electron chi connectivity index (χ0n) is 9.95. The van der Waals surface area contributed by atoms with E-state index < -0.39 is 0 Å². The van der Waals surface area contributed by atoms with Crippen LogP contribution in [0.5, 0.6) is 5.75 Å². The monoisotopic (exact) mass is 261 g/mol. The molecule has 0 atom stereocenters. The minimum Gasteiger partial charge on any atom is -0.492 e. The Morgan fingerprint density at radius 3 is 2.67 bits per heavy atom. The van der Waals surface area contributed by atoms with Crippen molar-refractivity contribution in [1.82, 2.24) is 9.97 Å². The van der Waals surface area contributed by atoms with Gasteiger partial charge in [0.2, 0.25) is 0 Å². The molecule has 1 aromatic carbocycles. The van der Waals surface area contributed by atoms with Gasteiger partial charge in [-0.15, -0.1) is 0 Å². The van der Waals surface area contributed by atoms with Crippen molar-refractivity contribution in [2.45, 2.75) is 11.7 Å². The number of nitrogens with two attached hydrogens (primary N) is 1. The van der Waals surface area contributed by atoms with Crippen molar-refractivity contribution < 1.29 is 4.74 Å². The molecular weight excluding hydrogens is 246 g/mol. The second-order valence-electron chi connectivity index (χ2n) is 3.54. The summed E-state index contributed by atoms with van der Waals surface area (Å²) in [6.45, 7) is 1.10. The highest BCUT2D eigenvalue weighted by molar-refractivity contribution is 7.99. The standard InChI is InChI=1S/C13H15N3OS/c14-10-11-4-1-2-5-12(11)17-8-9-18-13-15-6-3-7-16-13/h1-7H,8-10,14H2. The van der Waals surface area contributed by atoms with Crippen molar-refractivity contribution in [3.05, 3.63) is 48.3 Å². The molecule has 0 radical (unpaired) electrons. The minimum absolute atomic E-state index is 0.491. The van der Waals surface area contributed by atoms with Crippen molar-refractivity contribution in [3.8, 4) is 5.75 Å². The number of ether oxygens (including phenoxy) is 1. The Hall–Kier alpha value is -1.59. The van der Waals surface area contributed by atoms with Gasteiger partial charge in [0, 0.05) is 30.3 Å². The topological polar surface area (TPSA) is 61.0 Å². The third-order valence-corrected chi connectivity index (χ3v) is 3.15. The van der Waals surface area contributed by atoms with Crippen LogP contribution in [0.2, 0.25) is 0 Å². The highest BCUT2D eigenvalue weighted by Gasteiger charge is 2.01. The highest BCUT2D eigenvalue weighted by Crippen LogP contribution is 2.18. The van der Waals surface area contributed by atoms with Gasteiger partial charge in [0.05, 0.1) is 6.61 Å². The Morgan fingerprint density at radius 2 is 1.89 bits per heavy atom. The molecule has 0 saturated carbocycles. The van der Waals surface area contributed by atoms with Gasteiger partial charge in [-0.25, -0.2) is 9.97 Å². The molecule has 0 amide bonds. The van der Waals surface area contributed by atoms with Crippen LogP contribution in [0, 0.1) is 0 Å². The van der Waals surface area contributed by atoms with Crippen LogP contribution in [-0.2, 0) is 6.54 Å². The maximum Gasteiger partial charge on any atom is 0.187 e. The summed E-state index contributed by atoms with van der Waals surface area (Å²) in [7, 11) is 0. The molecule has 1 aromatic heterocycles. The van der Waals surface area contributed by atoms with E-state index in [9.17, 15) is 0 Å². The van der Waals surface area contributed by atoms with Crippen LogP contribution in [0.25, 0.3) is 0 Å². The van der Waals surface area contributed by atoms with E-state index in [4.69, 9.17) is 10.5 Å². The van der Waals surface area contributed by atoms with Crippen LogP contribution in [0.15, 0.2) is 47.9 Å². The van der Waals surface area contributed by atoms with Crippen LogP contribution >= 0.6 is 11.8 Å². The molecule has 1 heterocycles. The predicted octanol–water partition coefficient (Wildman–Crippen LogP) is 2.11. The summed E-state index contributed by atoms with van der Waals surface area (Å²) in [6, 6.07) is 9.62. The van der Waals surface area contributed by atoms with Crippen LogP contribution in [0.3, 0.4) is 0 Å². The average molecular weight is 261 g/mol. The number of hydrogen-bond donors (Lipinski definition) is 1. The summed E-state index contributed by atoms with van der Waals surface area (Å²) in [5, 5.41) is 0.771. The second kappa shape index (κ2) is 6.98. The number of rotatable bonds is 6. The van der Waals surface area contributed by atoms with Gasteiger partial charge in [0.1, 0.15) is 5.75 Å². The number of nitrogens with zero attached hydrogens (tertiary/aromatic N) is 2. The number of hydrogen-bond acceptors (Lipinski definition) is 5. The predicted molar refractivity (Wildman–Crippen MR) is 72.6 cm³/mol. The van der Waals surface area contributed by atoms with Gasteiger partial charge in [-0.05, 0) is 12.1 Å². The zero-order valence-corrected chi connectivity index (χ0v) is 10.8. The number of benzene rings is 1. The first-order valence-corrected chi connectivity index (χ1v) is 6.69. The van der Waals surface area contributed by atoms with E-state index >= 15 is 0 Å². The van der Waals surface area contributed by atoms with Crippen molar-refractivity contribution >= 4 is 11.8 Å². The highest BCUT2D eigenvalue weighted by atomic mass is 32.2. The van der Waals surface area contributed by atoms with Gasteiger partial charge >= 0.3 is 0 Å². The quantitative estimate of drug-likeness (QED) is 0.490. The third-order valence-electron chi connectivity index (χ3n) is 2.31. The summed E-state index contributed by atoms with van der Waals surface area (Å²) in [5.41, 5.74) is 6.67. The van der Waals surface area contributed by atoms with Crippen molar-refractivity contribution in [2.75, 3.05) is 12.4 Å². The molecule has 4 nitrogen and oxygen atoms in total. The first-order valence-electron chi connectivity index (χ1n) is 5.71. The Bertz CT molecular complexity index is 479. The Morgan fingerprint density at radius 1 is 1.11 bits per heavy atom. The lowest BCUT2D eigenvalue weighted by Crippen LogP contribution is -2.05. The molecule has 2 N–H and O–H groups in total. The molecule has 2 aromatic rings. The van der Waals surface area contributed by atoms with E-state index in [1.807, 2.05) is 24.3 Å². The molecule has 0 saturated heterocycles. The molecule has 0 fully saturated rings. The molecule has 94 valence electrons. The smallest absolute Gasteiger partial charge is 0.187 e. The second-order valence-corrected chi connectivity index (χ2v) is 4.60. The third kappa shape index (κ3) is 3.72. The first kappa shape index (κ1) is 12.9. The number of para-hydroxylation sites is 1. The van der Waals surface area contributed by atoms with E-state index in [1.165, 1.54) is 0 Å². The van der Waals surface area contributed by atoms with Gasteiger partial charge in [-0.1, -0.05) is 30.0 Å². The Kier molecular flexibility index (Phi) is 4.99. The fraction of sp³-hybridized carbons (Fsp3) is 0.231. The largest absolute Gasteiger partial charge is 0.492 e. The minimum atomic E-state index is 0.491. The van der Waals surface area contributed by atoms with Crippen LogP contribution < -0.4 is 10.5 Å². The van der Waals surface area contributed by atoms with E-state index in [0.29, 0.717) is 13.2 Å². The summed E-state index contributed by atoms with van der Waals surface area (Å²) in [6.07, 6.45) is 3.47. The van der Waals surface area contributed by atoms with Crippen molar-refractivity contribution in [1.29, 1.82) is 0 Å². The van der Waals surface area contributed by atoms with Gasteiger partial charge in [-0.3, -0.25) is 0 Å². The number of thioether (sulfide) groups is 1. The molecule has 18 heavy (non-hydrogen) atoms. The fourth-order valence-electron chi connectivity index (χ4n) is 1.46. The molecule has 0 bridgehead atoms. The van der Waals surface area contributed by atoms with E-state index in [1.54, 1.807) is 30.2 Å². The van der Waals surface area contributed by atoms with Crippen LogP contribution in [0.4, 0.5) is 0 Å².